The Labute approximate surface area is 85.8 Å². The van der Waals surface area contributed by atoms with Crippen LogP contribution in [0.3, 0.4) is 0 Å². The Kier molecular flexibility index (Phi) is 4.73. The summed E-state index contributed by atoms with van der Waals surface area (Å²) in [5, 5.41) is 11.3. The highest BCUT2D eigenvalue weighted by Gasteiger charge is 2.18. The van der Waals surface area contributed by atoms with Gasteiger partial charge in [0.25, 0.3) is 0 Å². The fraction of sp³-hybridized carbons (Fsp3) is 0.900. The topological polar surface area (TPSA) is 61.8 Å². The Morgan fingerprint density at radius 2 is 2.14 bits per heavy atom. The first-order chi connectivity index (χ1) is 6.74. The second kappa shape index (κ2) is 5.86. The first-order valence-electron chi connectivity index (χ1n) is 5.40. The molecule has 1 fully saturated rings. The van der Waals surface area contributed by atoms with Crippen LogP contribution in [0.15, 0.2) is 5.16 Å². The molecule has 14 heavy (non-hydrogen) atoms. The van der Waals surface area contributed by atoms with E-state index in [1.807, 2.05) is 0 Å². The number of rotatable bonds is 5. The van der Waals surface area contributed by atoms with Crippen LogP contribution in [0, 0.1) is 0 Å². The van der Waals surface area contributed by atoms with E-state index < -0.39 is 0 Å². The average Bonchev–Trinajstić information content (AvgIpc) is 2.70. The van der Waals surface area contributed by atoms with E-state index in [0.717, 1.165) is 19.0 Å². The maximum Gasteiger partial charge on any atom is 0.139 e. The van der Waals surface area contributed by atoms with E-state index in [2.05, 4.69) is 17.1 Å². The summed E-state index contributed by atoms with van der Waals surface area (Å²) in [7, 11) is 2.17. The van der Waals surface area contributed by atoms with E-state index in [4.69, 9.17) is 10.9 Å². The van der Waals surface area contributed by atoms with Crippen molar-refractivity contribution < 1.29 is 5.21 Å². The summed E-state index contributed by atoms with van der Waals surface area (Å²) in [4.78, 5) is 2.40. The second-order valence-electron chi connectivity index (χ2n) is 4.11. The third-order valence-corrected chi connectivity index (χ3v) is 3.02. The molecule has 82 valence electrons. The highest BCUT2D eigenvalue weighted by atomic mass is 16.4. The van der Waals surface area contributed by atoms with Crippen LogP contribution in [0.4, 0.5) is 0 Å². The number of amidine groups is 1. The van der Waals surface area contributed by atoms with Gasteiger partial charge in [-0.3, -0.25) is 0 Å². The van der Waals surface area contributed by atoms with Crippen LogP contribution in [0.5, 0.6) is 0 Å². The number of oxime groups is 1. The van der Waals surface area contributed by atoms with Crippen LogP contribution in [0.1, 0.15) is 38.5 Å². The second-order valence-corrected chi connectivity index (χ2v) is 4.11. The number of nitrogens with zero attached hydrogens (tertiary/aromatic N) is 2. The quantitative estimate of drug-likeness (QED) is 0.304. The van der Waals surface area contributed by atoms with E-state index in [9.17, 15) is 0 Å². The molecular formula is C10H21N3O. The maximum atomic E-state index is 8.36. The standard InChI is InChI=1S/C10H21N3O/c1-13(9-5-2-3-6-9)8-4-7-10(11)12-14/h9,14H,2-8H2,1H3,(H2,11,12). The minimum absolute atomic E-state index is 0.338. The molecule has 0 atom stereocenters. The van der Waals surface area contributed by atoms with Gasteiger partial charge in [0.1, 0.15) is 5.84 Å². The zero-order chi connectivity index (χ0) is 10.4. The molecule has 4 nitrogen and oxygen atoms in total. The van der Waals surface area contributed by atoms with Gasteiger partial charge in [-0.05, 0) is 32.9 Å². The predicted molar refractivity (Wildman–Crippen MR) is 57.5 cm³/mol. The van der Waals surface area contributed by atoms with Gasteiger partial charge in [0, 0.05) is 12.5 Å². The highest BCUT2D eigenvalue weighted by molar-refractivity contribution is 5.79. The van der Waals surface area contributed by atoms with Gasteiger partial charge in [0.15, 0.2) is 0 Å². The summed E-state index contributed by atoms with van der Waals surface area (Å²) in [6.45, 7) is 1.04. The summed E-state index contributed by atoms with van der Waals surface area (Å²) in [6, 6.07) is 0.766. The van der Waals surface area contributed by atoms with Gasteiger partial charge in [-0.15, -0.1) is 0 Å². The van der Waals surface area contributed by atoms with Gasteiger partial charge >= 0.3 is 0 Å². The summed E-state index contributed by atoms with van der Waals surface area (Å²) < 4.78 is 0. The molecule has 0 aromatic heterocycles. The Hall–Kier alpha value is -0.770. The first kappa shape index (κ1) is 11.3. The average molecular weight is 199 g/mol. The fourth-order valence-corrected chi connectivity index (χ4v) is 2.09. The molecular weight excluding hydrogens is 178 g/mol. The van der Waals surface area contributed by atoms with Crippen molar-refractivity contribution in [3.63, 3.8) is 0 Å². The van der Waals surface area contributed by atoms with Gasteiger partial charge in [-0.1, -0.05) is 18.0 Å². The predicted octanol–water partition coefficient (Wildman–Crippen LogP) is 1.39. The molecule has 0 spiro atoms. The van der Waals surface area contributed by atoms with Gasteiger partial charge in [0.05, 0.1) is 0 Å². The van der Waals surface area contributed by atoms with Gasteiger partial charge in [-0.2, -0.15) is 0 Å². The summed E-state index contributed by atoms with van der Waals surface area (Å²) >= 11 is 0. The molecule has 0 aliphatic heterocycles. The lowest BCUT2D eigenvalue weighted by molar-refractivity contribution is 0.243. The van der Waals surface area contributed by atoms with Crippen LogP contribution >= 0.6 is 0 Å². The first-order valence-corrected chi connectivity index (χ1v) is 5.40. The number of hydrogen-bond donors (Lipinski definition) is 2. The third kappa shape index (κ3) is 3.54. The van der Waals surface area contributed by atoms with Crippen molar-refractivity contribution >= 4 is 5.84 Å². The highest BCUT2D eigenvalue weighted by Crippen LogP contribution is 2.22. The van der Waals surface area contributed by atoms with E-state index in [1.54, 1.807) is 0 Å². The molecule has 1 aliphatic carbocycles. The van der Waals surface area contributed by atoms with E-state index in [1.165, 1.54) is 25.7 Å². The van der Waals surface area contributed by atoms with E-state index >= 15 is 0 Å². The van der Waals surface area contributed by atoms with Crippen molar-refractivity contribution in [1.82, 2.24) is 4.90 Å². The normalized spacial score (nSPS) is 19.4. The van der Waals surface area contributed by atoms with Crippen LogP contribution in [0.25, 0.3) is 0 Å². The Balaban J connectivity index is 2.11. The Bertz CT molecular complexity index is 188. The molecule has 0 heterocycles. The van der Waals surface area contributed by atoms with Crippen LogP contribution < -0.4 is 5.73 Å². The Morgan fingerprint density at radius 3 is 2.71 bits per heavy atom. The molecule has 3 N–H and O–H groups in total. The van der Waals surface area contributed by atoms with E-state index in [0.29, 0.717) is 12.3 Å². The molecule has 1 rings (SSSR count). The molecule has 0 radical (unpaired) electrons. The largest absolute Gasteiger partial charge is 0.409 e. The molecule has 0 aromatic carbocycles. The summed E-state index contributed by atoms with van der Waals surface area (Å²) in [5.74, 6) is 0.338. The van der Waals surface area contributed by atoms with Crippen LogP contribution in [-0.2, 0) is 0 Å². The van der Waals surface area contributed by atoms with E-state index in [-0.39, 0.29) is 0 Å². The monoisotopic (exact) mass is 199 g/mol. The minimum atomic E-state index is 0.338. The fourth-order valence-electron chi connectivity index (χ4n) is 2.09. The maximum absolute atomic E-state index is 8.36. The van der Waals surface area contributed by atoms with Gasteiger partial charge < -0.3 is 15.8 Å². The van der Waals surface area contributed by atoms with Crippen LogP contribution in [-0.4, -0.2) is 35.6 Å². The lowest BCUT2D eigenvalue weighted by Gasteiger charge is -2.23. The summed E-state index contributed by atoms with van der Waals surface area (Å²) in [6.07, 6.45) is 7.07. The van der Waals surface area contributed by atoms with Crippen molar-refractivity contribution in [3.05, 3.63) is 0 Å². The molecule has 1 aliphatic rings. The molecule has 0 aromatic rings. The Morgan fingerprint density at radius 1 is 1.50 bits per heavy atom. The lowest BCUT2D eigenvalue weighted by Crippen LogP contribution is -2.30. The van der Waals surface area contributed by atoms with Crippen molar-refractivity contribution in [1.29, 1.82) is 0 Å². The molecule has 0 amide bonds. The minimum Gasteiger partial charge on any atom is -0.409 e. The van der Waals surface area contributed by atoms with Gasteiger partial charge in [-0.25, -0.2) is 0 Å². The van der Waals surface area contributed by atoms with Crippen molar-refractivity contribution in [2.45, 2.75) is 44.6 Å². The van der Waals surface area contributed by atoms with Crippen molar-refractivity contribution in [2.75, 3.05) is 13.6 Å². The lowest BCUT2D eigenvalue weighted by atomic mass is 10.2. The van der Waals surface area contributed by atoms with Crippen LogP contribution in [0.2, 0.25) is 0 Å². The molecule has 4 heteroatoms. The molecule has 1 saturated carbocycles. The van der Waals surface area contributed by atoms with Crippen molar-refractivity contribution in [3.8, 4) is 0 Å². The third-order valence-electron chi connectivity index (χ3n) is 3.02. The molecule has 0 bridgehead atoms. The van der Waals surface area contributed by atoms with Crippen molar-refractivity contribution in [2.24, 2.45) is 10.9 Å². The number of hydrogen-bond acceptors (Lipinski definition) is 3. The zero-order valence-corrected chi connectivity index (χ0v) is 8.95. The smallest absolute Gasteiger partial charge is 0.139 e. The summed E-state index contributed by atoms with van der Waals surface area (Å²) in [5.41, 5.74) is 5.39. The number of nitrogens with two attached hydrogens (primary N) is 1. The SMILES string of the molecule is CN(CCC/C(N)=N/O)C1CCCC1. The molecule has 0 saturated heterocycles. The van der Waals surface area contributed by atoms with Gasteiger partial charge in [0.2, 0.25) is 0 Å². The molecule has 0 unspecified atom stereocenters. The zero-order valence-electron chi connectivity index (χ0n) is 8.95.